The van der Waals surface area contributed by atoms with E-state index in [1.165, 1.54) is 22.5 Å². The first-order valence-corrected chi connectivity index (χ1v) is 12.1. The standard InChI is InChI=1S/C22H24ClN3O5S/c1-3-25(4-2)32(30,31)19-14-15(8-13-18(19)23)22(29)24-16-9-11-17(12-10-16)26-20(27)6-5-7-21(26)28/h8-14H,3-7H2,1-2H3,(H,24,29). The highest BCUT2D eigenvalue weighted by atomic mass is 35.5. The van der Waals surface area contributed by atoms with E-state index in [4.69, 9.17) is 11.6 Å². The smallest absolute Gasteiger partial charge is 0.255 e. The maximum atomic E-state index is 12.8. The van der Waals surface area contributed by atoms with E-state index in [1.807, 2.05) is 0 Å². The summed E-state index contributed by atoms with van der Waals surface area (Å²) in [6.07, 6.45) is 1.19. The van der Waals surface area contributed by atoms with Crippen LogP contribution in [0.25, 0.3) is 0 Å². The molecular formula is C22H24ClN3O5S. The molecule has 0 aromatic heterocycles. The van der Waals surface area contributed by atoms with Gasteiger partial charge in [-0.05, 0) is 48.9 Å². The minimum absolute atomic E-state index is 0.0358. The van der Waals surface area contributed by atoms with Crippen LogP contribution < -0.4 is 10.2 Å². The highest BCUT2D eigenvalue weighted by Gasteiger charge is 2.28. The number of nitrogens with one attached hydrogen (secondary N) is 1. The summed E-state index contributed by atoms with van der Waals surface area (Å²) in [7, 11) is -3.84. The van der Waals surface area contributed by atoms with Crippen molar-refractivity contribution in [1.82, 2.24) is 4.31 Å². The summed E-state index contributed by atoms with van der Waals surface area (Å²) in [5.74, 6) is -1.02. The Balaban J connectivity index is 1.80. The predicted molar refractivity (Wildman–Crippen MR) is 122 cm³/mol. The number of rotatable bonds is 7. The van der Waals surface area contributed by atoms with E-state index in [0.717, 1.165) is 4.90 Å². The van der Waals surface area contributed by atoms with Gasteiger partial charge < -0.3 is 5.32 Å². The molecule has 170 valence electrons. The number of benzene rings is 2. The summed E-state index contributed by atoms with van der Waals surface area (Å²) in [6, 6.07) is 10.4. The summed E-state index contributed by atoms with van der Waals surface area (Å²) >= 11 is 6.12. The van der Waals surface area contributed by atoms with Crippen molar-refractivity contribution in [3.63, 3.8) is 0 Å². The van der Waals surface area contributed by atoms with E-state index < -0.39 is 15.9 Å². The predicted octanol–water partition coefficient (Wildman–Crippen LogP) is 3.67. The minimum atomic E-state index is -3.84. The van der Waals surface area contributed by atoms with Crippen LogP contribution in [0, 0.1) is 0 Å². The zero-order valence-corrected chi connectivity index (χ0v) is 19.4. The van der Waals surface area contributed by atoms with Crippen molar-refractivity contribution in [3.8, 4) is 0 Å². The zero-order valence-electron chi connectivity index (χ0n) is 17.8. The average Bonchev–Trinajstić information content (AvgIpc) is 2.75. The minimum Gasteiger partial charge on any atom is -0.322 e. The molecule has 0 bridgehead atoms. The number of piperidine rings is 1. The third kappa shape index (κ3) is 4.85. The van der Waals surface area contributed by atoms with E-state index in [9.17, 15) is 22.8 Å². The van der Waals surface area contributed by atoms with Crippen molar-refractivity contribution < 1.29 is 22.8 Å². The topological polar surface area (TPSA) is 104 Å². The number of imide groups is 1. The largest absolute Gasteiger partial charge is 0.322 e. The van der Waals surface area contributed by atoms with Crippen molar-refractivity contribution >= 4 is 50.7 Å². The molecule has 1 fully saturated rings. The molecule has 8 nitrogen and oxygen atoms in total. The highest BCUT2D eigenvalue weighted by Crippen LogP contribution is 2.27. The lowest BCUT2D eigenvalue weighted by molar-refractivity contribution is -0.129. The van der Waals surface area contributed by atoms with Gasteiger partial charge in [-0.1, -0.05) is 25.4 Å². The van der Waals surface area contributed by atoms with Gasteiger partial charge in [-0.2, -0.15) is 4.31 Å². The monoisotopic (exact) mass is 477 g/mol. The summed E-state index contributed by atoms with van der Waals surface area (Å²) in [4.78, 5) is 37.9. The summed E-state index contributed by atoms with van der Waals surface area (Å²) in [5, 5.41) is 2.72. The van der Waals surface area contributed by atoms with Crippen molar-refractivity contribution in [2.75, 3.05) is 23.3 Å². The van der Waals surface area contributed by atoms with Crippen molar-refractivity contribution in [2.24, 2.45) is 0 Å². The molecule has 0 aliphatic carbocycles. The fraction of sp³-hybridized carbons (Fsp3) is 0.318. The Morgan fingerprint density at radius 1 is 1.03 bits per heavy atom. The van der Waals surface area contributed by atoms with Crippen LogP contribution >= 0.6 is 11.6 Å². The maximum absolute atomic E-state index is 12.8. The van der Waals surface area contributed by atoms with E-state index in [-0.39, 0.29) is 40.4 Å². The number of halogens is 1. The molecule has 1 N–H and O–H groups in total. The van der Waals surface area contributed by atoms with Gasteiger partial charge in [0, 0.05) is 37.2 Å². The van der Waals surface area contributed by atoms with Gasteiger partial charge >= 0.3 is 0 Å². The van der Waals surface area contributed by atoms with Crippen LogP contribution in [0.4, 0.5) is 11.4 Å². The molecule has 0 saturated carbocycles. The number of nitrogens with zero attached hydrogens (tertiary/aromatic N) is 2. The van der Waals surface area contributed by atoms with E-state index in [2.05, 4.69) is 5.32 Å². The molecule has 0 atom stereocenters. The van der Waals surface area contributed by atoms with Gasteiger partial charge in [-0.3, -0.25) is 19.3 Å². The number of carbonyl (C=O) groups excluding carboxylic acids is 3. The molecule has 1 aliphatic heterocycles. The third-order valence-electron chi connectivity index (χ3n) is 5.18. The second-order valence-corrected chi connectivity index (χ2v) is 9.53. The second kappa shape index (κ2) is 9.81. The van der Waals surface area contributed by atoms with Gasteiger partial charge in [-0.15, -0.1) is 0 Å². The average molecular weight is 478 g/mol. The van der Waals surface area contributed by atoms with Crippen molar-refractivity contribution in [1.29, 1.82) is 0 Å². The molecule has 0 spiro atoms. The Kier molecular flexibility index (Phi) is 7.33. The van der Waals surface area contributed by atoms with E-state index in [0.29, 0.717) is 30.6 Å². The highest BCUT2D eigenvalue weighted by molar-refractivity contribution is 7.89. The molecule has 0 unspecified atom stereocenters. The van der Waals surface area contributed by atoms with E-state index in [1.54, 1.807) is 38.1 Å². The maximum Gasteiger partial charge on any atom is 0.255 e. The van der Waals surface area contributed by atoms with Gasteiger partial charge in [0.2, 0.25) is 21.8 Å². The van der Waals surface area contributed by atoms with Gasteiger partial charge in [0.05, 0.1) is 10.7 Å². The SMILES string of the molecule is CCN(CC)S(=O)(=O)c1cc(C(=O)Nc2ccc(N3C(=O)CCCC3=O)cc2)ccc1Cl. The van der Waals surface area contributed by atoms with Crippen LogP contribution in [0.15, 0.2) is 47.4 Å². The molecule has 1 saturated heterocycles. The van der Waals surface area contributed by atoms with Crippen LogP contribution in [0.1, 0.15) is 43.5 Å². The molecular weight excluding hydrogens is 454 g/mol. The van der Waals surface area contributed by atoms with E-state index >= 15 is 0 Å². The molecule has 3 rings (SSSR count). The number of amides is 3. The fourth-order valence-electron chi connectivity index (χ4n) is 3.48. The Morgan fingerprint density at radius 2 is 1.62 bits per heavy atom. The van der Waals surface area contributed by atoms with Crippen LogP contribution in [0.2, 0.25) is 5.02 Å². The molecule has 3 amide bonds. The summed E-state index contributed by atoms with van der Waals surface area (Å²) < 4.78 is 26.9. The molecule has 1 aliphatic rings. The second-order valence-electron chi connectivity index (χ2n) is 7.21. The Hall–Kier alpha value is -2.75. The molecule has 1 heterocycles. The fourth-order valence-corrected chi connectivity index (χ4v) is 5.44. The Bertz CT molecular complexity index is 1130. The lowest BCUT2D eigenvalue weighted by Gasteiger charge is -2.25. The summed E-state index contributed by atoms with van der Waals surface area (Å²) in [5.41, 5.74) is 1.00. The lowest BCUT2D eigenvalue weighted by atomic mass is 10.1. The number of sulfonamides is 1. The van der Waals surface area contributed by atoms with Gasteiger partial charge in [0.1, 0.15) is 4.90 Å². The van der Waals surface area contributed by atoms with Gasteiger partial charge in [0.15, 0.2) is 0 Å². The lowest BCUT2D eigenvalue weighted by Crippen LogP contribution is -2.40. The summed E-state index contributed by atoms with van der Waals surface area (Å²) in [6.45, 7) is 4.00. The normalized spacial score (nSPS) is 14.7. The van der Waals surface area contributed by atoms with Crippen molar-refractivity contribution in [2.45, 2.75) is 38.0 Å². The number of hydrogen-bond donors (Lipinski definition) is 1. The molecule has 2 aromatic rings. The first kappa shape index (κ1) is 23.9. The van der Waals surface area contributed by atoms with Crippen LogP contribution in [-0.4, -0.2) is 43.5 Å². The van der Waals surface area contributed by atoms with Crippen LogP contribution in [0.3, 0.4) is 0 Å². The first-order valence-electron chi connectivity index (χ1n) is 10.3. The quantitative estimate of drug-likeness (QED) is 0.613. The van der Waals surface area contributed by atoms with Crippen LogP contribution in [-0.2, 0) is 19.6 Å². The number of carbonyl (C=O) groups is 3. The van der Waals surface area contributed by atoms with Gasteiger partial charge in [-0.25, -0.2) is 8.42 Å². The van der Waals surface area contributed by atoms with Crippen molar-refractivity contribution in [3.05, 3.63) is 53.1 Å². The van der Waals surface area contributed by atoms with Crippen LogP contribution in [0.5, 0.6) is 0 Å². The molecule has 10 heteroatoms. The Morgan fingerprint density at radius 3 is 2.19 bits per heavy atom. The number of anilines is 2. The molecule has 2 aromatic carbocycles. The third-order valence-corrected chi connectivity index (χ3v) is 7.71. The first-order chi connectivity index (χ1) is 15.2. The zero-order chi connectivity index (χ0) is 23.5. The number of hydrogen-bond acceptors (Lipinski definition) is 5. The molecule has 0 radical (unpaired) electrons. The van der Waals surface area contributed by atoms with Gasteiger partial charge in [0.25, 0.3) is 5.91 Å². The Labute approximate surface area is 192 Å². The molecule has 32 heavy (non-hydrogen) atoms.